The van der Waals surface area contributed by atoms with Gasteiger partial charge in [-0.15, -0.1) is 11.3 Å². The van der Waals surface area contributed by atoms with E-state index in [1.807, 2.05) is 49.4 Å². The first-order valence-corrected chi connectivity index (χ1v) is 8.90. The molecule has 0 aliphatic rings. The van der Waals surface area contributed by atoms with Crippen LogP contribution in [-0.4, -0.2) is 11.0 Å². The molecule has 0 unspecified atom stereocenters. The Labute approximate surface area is 183 Å². The summed E-state index contributed by atoms with van der Waals surface area (Å²) in [6.45, 7) is 2.35. The SMILES string of the molecule is Cc1ccc(OCc2ccccc2Cl)c(Cc2nc(C(=O)[O-])cs2)c1.[Na+]. The van der Waals surface area contributed by atoms with Gasteiger partial charge in [-0.1, -0.05) is 47.5 Å². The summed E-state index contributed by atoms with van der Waals surface area (Å²) in [6.07, 6.45) is 0.498. The molecular weight excluding hydrogens is 381 g/mol. The third-order valence-corrected chi connectivity index (χ3v) is 4.88. The topological polar surface area (TPSA) is 62.2 Å². The van der Waals surface area contributed by atoms with Gasteiger partial charge in [0.1, 0.15) is 12.4 Å². The van der Waals surface area contributed by atoms with Crippen LogP contribution in [0.25, 0.3) is 0 Å². The van der Waals surface area contributed by atoms with Gasteiger partial charge in [0.25, 0.3) is 0 Å². The fourth-order valence-electron chi connectivity index (χ4n) is 2.41. The fraction of sp³-hybridized carbons (Fsp3) is 0.158. The molecule has 1 aromatic heterocycles. The summed E-state index contributed by atoms with van der Waals surface area (Å²) in [6, 6.07) is 13.4. The van der Waals surface area contributed by atoms with Crippen LogP contribution in [-0.2, 0) is 13.0 Å². The van der Waals surface area contributed by atoms with Crippen LogP contribution in [0.5, 0.6) is 5.75 Å². The van der Waals surface area contributed by atoms with Crippen molar-refractivity contribution in [3.63, 3.8) is 0 Å². The van der Waals surface area contributed by atoms with Crippen LogP contribution >= 0.6 is 22.9 Å². The molecule has 3 rings (SSSR count). The Morgan fingerprint density at radius 3 is 2.69 bits per heavy atom. The molecular formula is C19H15ClNNaO3S. The molecule has 0 spiro atoms. The zero-order valence-electron chi connectivity index (χ0n) is 14.5. The van der Waals surface area contributed by atoms with E-state index in [0.717, 1.165) is 22.4 Å². The van der Waals surface area contributed by atoms with E-state index in [4.69, 9.17) is 16.3 Å². The number of ether oxygens (including phenoxy) is 1. The number of nitrogens with zero attached hydrogens (tertiary/aromatic N) is 1. The summed E-state index contributed by atoms with van der Waals surface area (Å²) in [7, 11) is 0. The first-order valence-electron chi connectivity index (χ1n) is 7.64. The molecule has 0 amide bonds. The van der Waals surface area contributed by atoms with E-state index in [-0.39, 0.29) is 35.3 Å². The maximum atomic E-state index is 10.9. The van der Waals surface area contributed by atoms with Crippen LogP contribution in [0.15, 0.2) is 47.8 Å². The van der Waals surface area contributed by atoms with Crippen LogP contribution in [0.3, 0.4) is 0 Å². The molecule has 0 atom stereocenters. The summed E-state index contributed by atoms with van der Waals surface area (Å²) in [4.78, 5) is 15.0. The number of halogens is 1. The van der Waals surface area contributed by atoms with Gasteiger partial charge in [-0.3, -0.25) is 0 Å². The molecule has 0 fully saturated rings. The van der Waals surface area contributed by atoms with Crippen molar-refractivity contribution in [2.75, 3.05) is 0 Å². The molecule has 4 nitrogen and oxygen atoms in total. The Bertz CT molecular complexity index is 913. The summed E-state index contributed by atoms with van der Waals surface area (Å²) < 4.78 is 5.95. The molecule has 3 aromatic rings. The average molecular weight is 396 g/mol. The number of aromatic carboxylic acids is 1. The third-order valence-electron chi connectivity index (χ3n) is 3.66. The molecule has 7 heteroatoms. The molecule has 0 N–H and O–H groups in total. The van der Waals surface area contributed by atoms with Gasteiger partial charge < -0.3 is 14.6 Å². The van der Waals surface area contributed by atoms with E-state index in [9.17, 15) is 9.90 Å². The number of rotatable bonds is 6. The number of aryl methyl sites for hydroxylation is 1. The van der Waals surface area contributed by atoms with E-state index in [2.05, 4.69) is 4.98 Å². The van der Waals surface area contributed by atoms with Gasteiger partial charge in [0, 0.05) is 28.0 Å². The minimum absolute atomic E-state index is 0. The smallest absolute Gasteiger partial charge is 0.543 e. The largest absolute Gasteiger partial charge is 1.00 e. The van der Waals surface area contributed by atoms with Crippen molar-refractivity contribution in [2.45, 2.75) is 20.0 Å². The maximum Gasteiger partial charge on any atom is 1.00 e. The van der Waals surface area contributed by atoms with Crippen LogP contribution in [0.2, 0.25) is 5.02 Å². The van der Waals surface area contributed by atoms with Gasteiger partial charge >= 0.3 is 29.6 Å². The molecule has 1 heterocycles. The Kier molecular flexibility index (Phi) is 7.68. The van der Waals surface area contributed by atoms with Gasteiger partial charge in [0.05, 0.1) is 16.7 Å². The van der Waals surface area contributed by atoms with Gasteiger partial charge in [-0.25, -0.2) is 4.98 Å². The third kappa shape index (κ3) is 5.32. The van der Waals surface area contributed by atoms with Crippen molar-refractivity contribution in [3.05, 3.63) is 80.3 Å². The number of carbonyl (C=O) groups is 1. The average Bonchev–Trinajstić information content (AvgIpc) is 3.04. The number of carbonyl (C=O) groups excluding carboxylic acids is 1. The zero-order valence-corrected chi connectivity index (χ0v) is 18.1. The van der Waals surface area contributed by atoms with E-state index in [1.165, 1.54) is 16.7 Å². The van der Waals surface area contributed by atoms with E-state index >= 15 is 0 Å². The zero-order chi connectivity index (χ0) is 17.8. The Morgan fingerprint density at radius 2 is 2.00 bits per heavy atom. The molecule has 0 radical (unpaired) electrons. The molecule has 128 valence electrons. The summed E-state index contributed by atoms with van der Waals surface area (Å²) in [5.41, 5.74) is 2.92. The number of benzene rings is 2. The molecule has 2 aromatic carbocycles. The van der Waals surface area contributed by atoms with Crippen molar-refractivity contribution < 1.29 is 44.2 Å². The number of carboxylic acid groups (broad SMARTS) is 1. The summed E-state index contributed by atoms with van der Waals surface area (Å²) in [5.74, 6) is -0.530. The number of thiazole rings is 1. The molecule has 0 saturated carbocycles. The Morgan fingerprint density at radius 1 is 1.23 bits per heavy atom. The molecule has 0 saturated heterocycles. The second-order valence-corrected chi connectivity index (χ2v) is 6.93. The standard InChI is InChI=1S/C19H16ClNO3S.Na/c1-12-6-7-17(24-10-13-4-2-3-5-15(13)20)14(8-12)9-18-21-16(11-25-18)19(22)23;/h2-8,11H,9-10H2,1H3,(H,22,23);/q;+1/p-1. The first kappa shape index (κ1) is 20.9. The Balaban J connectivity index is 0.00000243. The minimum atomic E-state index is -1.26. The summed E-state index contributed by atoms with van der Waals surface area (Å²) >= 11 is 7.46. The van der Waals surface area contributed by atoms with Gasteiger partial charge in [0.15, 0.2) is 0 Å². The van der Waals surface area contributed by atoms with Crippen molar-refractivity contribution in [2.24, 2.45) is 0 Å². The van der Waals surface area contributed by atoms with Crippen LogP contribution in [0, 0.1) is 6.92 Å². The molecule has 0 bridgehead atoms. The predicted octanol–water partition coefficient (Wildman–Crippen LogP) is 0.642. The van der Waals surface area contributed by atoms with Crippen LogP contribution < -0.4 is 39.4 Å². The van der Waals surface area contributed by atoms with Crippen LogP contribution in [0.4, 0.5) is 0 Å². The van der Waals surface area contributed by atoms with Crippen molar-refractivity contribution in [1.29, 1.82) is 0 Å². The number of aromatic nitrogens is 1. The minimum Gasteiger partial charge on any atom is -0.543 e. The van der Waals surface area contributed by atoms with Crippen LogP contribution in [0.1, 0.15) is 32.2 Å². The number of hydrogen-bond donors (Lipinski definition) is 0. The van der Waals surface area contributed by atoms with E-state index < -0.39 is 5.97 Å². The Hall–Kier alpha value is -1.37. The predicted molar refractivity (Wildman–Crippen MR) is 96.2 cm³/mol. The van der Waals surface area contributed by atoms with E-state index in [0.29, 0.717) is 23.1 Å². The number of carboxylic acids is 1. The second kappa shape index (κ2) is 9.53. The maximum absolute atomic E-state index is 10.9. The summed E-state index contributed by atoms with van der Waals surface area (Å²) in [5, 5.41) is 13.7. The normalized spacial score (nSPS) is 10.2. The molecule has 0 aliphatic heterocycles. The van der Waals surface area contributed by atoms with Crippen molar-refractivity contribution >= 4 is 28.9 Å². The monoisotopic (exact) mass is 395 g/mol. The van der Waals surface area contributed by atoms with Gasteiger partial charge in [0.2, 0.25) is 0 Å². The second-order valence-electron chi connectivity index (χ2n) is 5.58. The van der Waals surface area contributed by atoms with E-state index in [1.54, 1.807) is 0 Å². The number of hydrogen-bond acceptors (Lipinski definition) is 5. The quantitative estimate of drug-likeness (QED) is 0.575. The van der Waals surface area contributed by atoms with Gasteiger partial charge in [-0.2, -0.15) is 0 Å². The molecule has 0 aliphatic carbocycles. The molecule has 26 heavy (non-hydrogen) atoms. The fourth-order valence-corrected chi connectivity index (χ4v) is 3.38. The van der Waals surface area contributed by atoms with Crippen molar-refractivity contribution in [1.82, 2.24) is 4.98 Å². The van der Waals surface area contributed by atoms with Crippen molar-refractivity contribution in [3.8, 4) is 5.75 Å². The first-order chi connectivity index (χ1) is 12.0. The van der Waals surface area contributed by atoms with Gasteiger partial charge in [-0.05, 0) is 19.1 Å².